The molecule has 1 saturated carbocycles. The van der Waals surface area contributed by atoms with Gasteiger partial charge in [-0.15, -0.1) is 0 Å². The largest absolute Gasteiger partial charge is 0.493 e. The average Bonchev–Trinajstić information content (AvgIpc) is 3.08. The Labute approximate surface area is 90.1 Å². The van der Waals surface area contributed by atoms with Gasteiger partial charge in [0.1, 0.15) is 5.75 Å². The molecule has 0 aromatic heterocycles. The van der Waals surface area contributed by atoms with Crippen LogP contribution in [0.1, 0.15) is 18.4 Å². The van der Waals surface area contributed by atoms with Crippen LogP contribution >= 0.6 is 0 Å². The minimum Gasteiger partial charge on any atom is -0.493 e. The van der Waals surface area contributed by atoms with E-state index in [-0.39, 0.29) is 0 Å². The van der Waals surface area contributed by atoms with E-state index in [4.69, 9.17) is 10.6 Å². The van der Waals surface area contributed by atoms with Crippen LogP contribution < -0.4 is 10.6 Å². The van der Waals surface area contributed by atoms with E-state index in [2.05, 4.69) is 10.9 Å². The first-order chi connectivity index (χ1) is 7.40. The van der Waals surface area contributed by atoms with Gasteiger partial charge in [-0.2, -0.15) is 0 Å². The molecule has 3 nitrogen and oxygen atoms in total. The number of benzene rings is 1. The van der Waals surface area contributed by atoms with Crippen molar-refractivity contribution >= 4 is 0 Å². The van der Waals surface area contributed by atoms with Crippen molar-refractivity contribution in [3.05, 3.63) is 29.8 Å². The van der Waals surface area contributed by atoms with Crippen LogP contribution in [0, 0.1) is 5.92 Å². The first-order valence-corrected chi connectivity index (χ1v) is 5.42. The molecule has 0 unspecified atom stereocenters. The summed E-state index contributed by atoms with van der Waals surface area (Å²) in [5.41, 5.74) is 1.17. The third-order valence-corrected chi connectivity index (χ3v) is 2.63. The number of rotatable bonds is 6. The second-order valence-corrected chi connectivity index (χ2v) is 3.98. The molecule has 2 rings (SSSR count). The van der Waals surface area contributed by atoms with E-state index in [1.165, 1.54) is 18.4 Å². The highest BCUT2D eigenvalue weighted by molar-refractivity contribution is 5.33. The lowest BCUT2D eigenvalue weighted by Crippen LogP contribution is -2.06. The van der Waals surface area contributed by atoms with Crippen LogP contribution in [0.2, 0.25) is 0 Å². The van der Waals surface area contributed by atoms with Gasteiger partial charge in [-0.25, -0.2) is 5.90 Å². The van der Waals surface area contributed by atoms with Crippen LogP contribution in [0.4, 0.5) is 0 Å². The lowest BCUT2D eigenvalue weighted by Gasteiger charge is -2.10. The van der Waals surface area contributed by atoms with Gasteiger partial charge < -0.3 is 9.57 Å². The summed E-state index contributed by atoms with van der Waals surface area (Å²) in [5, 5.41) is 0. The van der Waals surface area contributed by atoms with Crippen molar-refractivity contribution in [3.8, 4) is 5.75 Å². The first-order valence-electron chi connectivity index (χ1n) is 5.42. The Morgan fingerprint density at radius 2 is 2.07 bits per heavy atom. The molecule has 0 saturated heterocycles. The highest BCUT2D eigenvalue weighted by Crippen LogP contribution is 2.30. The summed E-state index contributed by atoms with van der Waals surface area (Å²) < 4.78 is 5.76. The van der Waals surface area contributed by atoms with Gasteiger partial charge in [0.05, 0.1) is 13.2 Å². The molecule has 0 heterocycles. The van der Waals surface area contributed by atoms with Gasteiger partial charge in [0.25, 0.3) is 0 Å². The van der Waals surface area contributed by atoms with E-state index in [9.17, 15) is 0 Å². The summed E-state index contributed by atoms with van der Waals surface area (Å²) in [6, 6.07) is 8.07. The molecule has 15 heavy (non-hydrogen) atoms. The van der Waals surface area contributed by atoms with E-state index in [1.807, 2.05) is 18.2 Å². The quantitative estimate of drug-likeness (QED) is 0.725. The van der Waals surface area contributed by atoms with Gasteiger partial charge in [-0.05, 0) is 30.4 Å². The monoisotopic (exact) mass is 207 g/mol. The molecule has 0 amide bonds. The maximum absolute atomic E-state index is 5.76. The molecular weight excluding hydrogens is 190 g/mol. The Balaban J connectivity index is 1.93. The highest BCUT2D eigenvalue weighted by atomic mass is 16.6. The van der Waals surface area contributed by atoms with E-state index in [0.29, 0.717) is 6.61 Å². The maximum Gasteiger partial charge on any atom is 0.122 e. The van der Waals surface area contributed by atoms with Crippen LogP contribution in [-0.2, 0) is 11.3 Å². The molecule has 1 aromatic carbocycles. The topological polar surface area (TPSA) is 44.5 Å². The predicted molar refractivity (Wildman–Crippen MR) is 58.5 cm³/mol. The van der Waals surface area contributed by atoms with Gasteiger partial charge in [-0.1, -0.05) is 18.2 Å². The van der Waals surface area contributed by atoms with Gasteiger partial charge in [-0.3, -0.25) is 0 Å². The summed E-state index contributed by atoms with van der Waals surface area (Å²) in [7, 11) is 0. The van der Waals surface area contributed by atoms with Crippen molar-refractivity contribution in [1.82, 2.24) is 0 Å². The second-order valence-electron chi connectivity index (χ2n) is 3.98. The summed E-state index contributed by atoms with van der Waals surface area (Å²) >= 11 is 0. The number of hydrogen-bond donors (Lipinski definition) is 1. The summed E-state index contributed by atoms with van der Waals surface area (Å²) in [6.07, 6.45) is 3.43. The number of hydrogen-bond acceptors (Lipinski definition) is 3. The van der Waals surface area contributed by atoms with E-state index in [0.717, 1.165) is 24.7 Å². The molecule has 82 valence electrons. The van der Waals surface area contributed by atoms with Crippen molar-refractivity contribution in [3.63, 3.8) is 0 Å². The average molecular weight is 207 g/mol. The molecule has 0 bridgehead atoms. The van der Waals surface area contributed by atoms with Gasteiger partial charge in [0.15, 0.2) is 0 Å². The zero-order valence-electron chi connectivity index (χ0n) is 8.82. The summed E-state index contributed by atoms with van der Waals surface area (Å²) in [5.74, 6) is 6.77. The van der Waals surface area contributed by atoms with E-state index in [1.54, 1.807) is 0 Å². The number of ether oxygens (including phenoxy) is 1. The van der Waals surface area contributed by atoms with Crippen LogP contribution in [0.25, 0.3) is 0 Å². The fourth-order valence-corrected chi connectivity index (χ4v) is 1.51. The van der Waals surface area contributed by atoms with E-state index < -0.39 is 0 Å². The van der Waals surface area contributed by atoms with Crippen LogP contribution in [0.5, 0.6) is 5.75 Å². The SMILES string of the molecule is NOCCc1ccccc1OCC1CC1. The van der Waals surface area contributed by atoms with Crippen LogP contribution in [-0.4, -0.2) is 13.2 Å². The minimum atomic E-state index is 0.532. The van der Waals surface area contributed by atoms with Crippen molar-refractivity contribution in [2.75, 3.05) is 13.2 Å². The molecular formula is C12H17NO2. The Morgan fingerprint density at radius 3 is 2.80 bits per heavy atom. The zero-order valence-corrected chi connectivity index (χ0v) is 8.82. The van der Waals surface area contributed by atoms with Gasteiger partial charge in [0.2, 0.25) is 0 Å². The minimum absolute atomic E-state index is 0.532. The lowest BCUT2D eigenvalue weighted by molar-refractivity contribution is 0.140. The van der Waals surface area contributed by atoms with Crippen molar-refractivity contribution < 1.29 is 9.57 Å². The molecule has 1 aliphatic rings. The van der Waals surface area contributed by atoms with E-state index >= 15 is 0 Å². The molecule has 0 atom stereocenters. The maximum atomic E-state index is 5.76. The van der Waals surface area contributed by atoms with Crippen LogP contribution in [0.15, 0.2) is 24.3 Å². The Morgan fingerprint density at radius 1 is 1.27 bits per heavy atom. The third-order valence-electron chi connectivity index (χ3n) is 2.63. The molecule has 0 radical (unpaired) electrons. The number of para-hydroxylation sites is 1. The van der Waals surface area contributed by atoms with Gasteiger partial charge >= 0.3 is 0 Å². The fourth-order valence-electron chi connectivity index (χ4n) is 1.51. The van der Waals surface area contributed by atoms with Crippen molar-refractivity contribution in [1.29, 1.82) is 0 Å². The molecule has 1 fully saturated rings. The smallest absolute Gasteiger partial charge is 0.122 e. The third kappa shape index (κ3) is 3.22. The Kier molecular flexibility index (Phi) is 3.59. The summed E-state index contributed by atoms with van der Waals surface area (Å²) in [4.78, 5) is 4.58. The van der Waals surface area contributed by atoms with Gasteiger partial charge in [0, 0.05) is 6.42 Å². The molecule has 0 spiro atoms. The number of nitrogens with two attached hydrogens (primary N) is 1. The Bertz CT molecular complexity index is 310. The fraction of sp³-hybridized carbons (Fsp3) is 0.500. The molecule has 1 aliphatic carbocycles. The lowest BCUT2D eigenvalue weighted by atomic mass is 10.1. The second kappa shape index (κ2) is 5.14. The predicted octanol–water partition coefficient (Wildman–Crippen LogP) is 1.91. The standard InChI is InChI=1S/C12H17NO2/c13-15-8-7-11-3-1-2-4-12(11)14-9-10-5-6-10/h1-4,10H,5-9,13H2. The van der Waals surface area contributed by atoms with Crippen molar-refractivity contribution in [2.24, 2.45) is 11.8 Å². The normalized spacial score (nSPS) is 15.3. The highest BCUT2D eigenvalue weighted by Gasteiger charge is 2.22. The molecule has 1 aromatic rings. The molecule has 3 heteroatoms. The Hall–Kier alpha value is -1.06. The summed E-state index contributed by atoms with van der Waals surface area (Å²) in [6.45, 7) is 1.38. The molecule has 2 N–H and O–H groups in total. The van der Waals surface area contributed by atoms with Crippen molar-refractivity contribution in [2.45, 2.75) is 19.3 Å². The van der Waals surface area contributed by atoms with Crippen LogP contribution in [0.3, 0.4) is 0 Å². The zero-order chi connectivity index (χ0) is 10.5. The molecule has 0 aliphatic heterocycles. The first kappa shape index (κ1) is 10.5.